The van der Waals surface area contributed by atoms with Gasteiger partial charge < -0.3 is 15.6 Å². The van der Waals surface area contributed by atoms with Crippen molar-refractivity contribution in [3.8, 4) is 11.4 Å². The van der Waals surface area contributed by atoms with Crippen LogP contribution in [0.2, 0.25) is 0 Å². The standard InChI is InChI=1S/C19H16N6O2/c1-20-18(26)12-9-15-16(23-17(22-15)11-5-3-2-4-6-11)10-14(12)24-19(27)13-7-8-21-25-13/h2-10H,1H3,(H,20,26)(H,21,25)(H,22,23)(H,24,27). The lowest BCUT2D eigenvalue weighted by molar-refractivity contribution is 0.0964. The summed E-state index contributed by atoms with van der Waals surface area (Å²) in [4.78, 5) is 32.5. The minimum absolute atomic E-state index is 0.296. The van der Waals surface area contributed by atoms with Gasteiger partial charge in [-0.3, -0.25) is 14.7 Å². The first-order valence-electron chi connectivity index (χ1n) is 8.27. The number of hydrogen-bond donors (Lipinski definition) is 4. The Labute approximate surface area is 154 Å². The van der Waals surface area contributed by atoms with Gasteiger partial charge in [-0.25, -0.2) is 4.98 Å². The molecule has 0 bridgehead atoms. The second-order valence-electron chi connectivity index (χ2n) is 5.87. The monoisotopic (exact) mass is 360 g/mol. The summed E-state index contributed by atoms with van der Waals surface area (Å²) in [5.74, 6) is -0.0194. The van der Waals surface area contributed by atoms with E-state index in [-0.39, 0.29) is 5.91 Å². The van der Waals surface area contributed by atoms with Gasteiger partial charge in [-0.15, -0.1) is 0 Å². The highest BCUT2D eigenvalue weighted by Gasteiger charge is 2.17. The van der Waals surface area contributed by atoms with Gasteiger partial charge in [-0.05, 0) is 18.2 Å². The molecule has 0 aliphatic rings. The number of benzene rings is 2. The molecule has 0 saturated heterocycles. The molecule has 0 aliphatic carbocycles. The minimum Gasteiger partial charge on any atom is -0.355 e. The van der Waals surface area contributed by atoms with Gasteiger partial charge in [0.1, 0.15) is 11.5 Å². The first kappa shape index (κ1) is 16.5. The molecule has 2 aromatic carbocycles. The number of carbonyl (C=O) groups is 2. The summed E-state index contributed by atoms with van der Waals surface area (Å²) in [5.41, 5.74) is 3.27. The summed E-state index contributed by atoms with van der Waals surface area (Å²) in [7, 11) is 1.54. The second-order valence-corrected chi connectivity index (χ2v) is 5.87. The highest BCUT2D eigenvalue weighted by molar-refractivity contribution is 6.10. The number of aromatic amines is 2. The Hall–Kier alpha value is -3.94. The third kappa shape index (κ3) is 3.15. The third-order valence-electron chi connectivity index (χ3n) is 4.13. The fraction of sp³-hybridized carbons (Fsp3) is 0.0526. The third-order valence-corrected chi connectivity index (χ3v) is 4.13. The molecule has 2 heterocycles. The van der Waals surface area contributed by atoms with Crippen molar-refractivity contribution in [1.29, 1.82) is 0 Å². The molecule has 0 saturated carbocycles. The van der Waals surface area contributed by atoms with Crippen LogP contribution in [0.5, 0.6) is 0 Å². The van der Waals surface area contributed by atoms with Crippen LogP contribution < -0.4 is 10.6 Å². The van der Waals surface area contributed by atoms with Crippen LogP contribution >= 0.6 is 0 Å². The molecule has 4 aromatic rings. The van der Waals surface area contributed by atoms with Gasteiger partial charge in [0.2, 0.25) is 0 Å². The van der Waals surface area contributed by atoms with Crippen LogP contribution in [-0.4, -0.2) is 39.0 Å². The quantitative estimate of drug-likeness (QED) is 0.447. The van der Waals surface area contributed by atoms with E-state index in [4.69, 9.17) is 0 Å². The van der Waals surface area contributed by atoms with E-state index in [1.165, 1.54) is 13.2 Å². The Kier molecular flexibility index (Phi) is 4.13. The number of hydrogen-bond acceptors (Lipinski definition) is 4. The number of nitrogens with zero attached hydrogens (tertiary/aromatic N) is 2. The van der Waals surface area contributed by atoms with E-state index in [0.29, 0.717) is 33.8 Å². The van der Waals surface area contributed by atoms with Gasteiger partial charge in [-0.1, -0.05) is 30.3 Å². The number of fused-ring (bicyclic) bond motifs is 1. The number of carbonyl (C=O) groups excluding carboxylic acids is 2. The van der Waals surface area contributed by atoms with E-state index in [2.05, 4.69) is 30.8 Å². The van der Waals surface area contributed by atoms with Crippen LogP contribution in [0.15, 0.2) is 54.7 Å². The summed E-state index contributed by atoms with van der Waals surface area (Å²) in [6.45, 7) is 0. The maximum atomic E-state index is 12.4. The van der Waals surface area contributed by atoms with Gasteiger partial charge in [0.05, 0.1) is 22.3 Å². The van der Waals surface area contributed by atoms with Gasteiger partial charge in [0.25, 0.3) is 11.8 Å². The molecule has 27 heavy (non-hydrogen) atoms. The number of amides is 2. The molecule has 0 radical (unpaired) electrons. The van der Waals surface area contributed by atoms with Crippen LogP contribution in [0.3, 0.4) is 0 Å². The van der Waals surface area contributed by atoms with Gasteiger partial charge in [-0.2, -0.15) is 5.10 Å². The van der Waals surface area contributed by atoms with E-state index in [1.54, 1.807) is 18.2 Å². The van der Waals surface area contributed by atoms with Crippen molar-refractivity contribution in [3.05, 3.63) is 66.0 Å². The molecule has 0 spiro atoms. The molecule has 2 amide bonds. The Morgan fingerprint density at radius 2 is 1.85 bits per heavy atom. The SMILES string of the molecule is CNC(=O)c1cc2[nH]c(-c3ccccc3)nc2cc1NC(=O)c1ccn[nH]1. The number of rotatable bonds is 4. The molecule has 134 valence electrons. The van der Waals surface area contributed by atoms with Crippen molar-refractivity contribution in [2.24, 2.45) is 0 Å². The number of anilines is 1. The number of aromatic nitrogens is 4. The largest absolute Gasteiger partial charge is 0.355 e. The number of nitrogens with one attached hydrogen (secondary N) is 4. The van der Waals surface area contributed by atoms with Crippen molar-refractivity contribution in [1.82, 2.24) is 25.5 Å². The summed E-state index contributed by atoms with van der Waals surface area (Å²) in [6.07, 6.45) is 1.48. The summed E-state index contributed by atoms with van der Waals surface area (Å²) < 4.78 is 0. The minimum atomic E-state index is -0.393. The van der Waals surface area contributed by atoms with Gasteiger partial charge in [0, 0.05) is 18.8 Å². The van der Waals surface area contributed by atoms with Crippen LogP contribution in [0.4, 0.5) is 5.69 Å². The first-order chi connectivity index (χ1) is 13.2. The summed E-state index contributed by atoms with van der Waals surface area (Å²) in [5, 5.41) is 11.7. The fourth-order valence-corrected chi connectivity index (χ4v) is 2.79. The zero-order chi connectivity index (χ0) is 18.8. The van der Waals surface area contributed by atoms with Crippen molar-refractivity contribution in [2.75, 3.05) is 12.4 Å². The van der Waals surface area contributed by atoms with Crippen molar-refractivity contribution in [2.45, 2.75) is 0 Å². The average molecular weight is 360 g/mol. The lowest BCUT2D eigenvalue weighted by Crippen LogP contribution is -2.21. The zero-order valence-corrected chi connectivity index (χ0v) is 14.4. The highest BCUT2D eigenvalue weighted by Crippen LogP contribution is 2.26. The highest BCUT2D eigenvalue weighted by atomic mass is 16.2. The molecular weight excluding hydrogens is 344 g/mol. The molecule has 4 rings (SSSR count). The molecule has 0 aliphatic heterocycles. The maximum absolute atomic E-state index is 12.4. The summed E-state index contributed by atoms with van der Waals surface area (Å²) >= 11 is 0. The van der Waals surface area contributed by atoms with Crippen molar-refractivity contribution < 1.29 is 9.59 Å². The predicted octanol–water partition coefficient (Wildman–Crippen LogP) is 2.56. The summed E-state index contributed by atoms with van der Waals surface area (Å²) in [6, 6.07) is 14.6. The maximum Gasteiger partial charge on any atom is 0.273 e. The zero-order valence-electron chi connectivity index (χ0n) is 14.4. The first-order valence-corrected chi connectivity index (χ1v) is 8.27. The lowest BCUT2D eigenvalue weighted by Gasteiger charge is -2.09. The van der Waals surface area contributed by atoms with E-state index < -0.39 is 5.91 Å². The van der Waals surface area contributed by atoms with Gasteiger partial charge >= 0.3 is 0 Å². The number of H-pyrrole nitrogens is 2. The molecule has 4 N–H and O–H groups in total. The normalized spacial score (nSPS) is 10.7. The smallest absolute Gasteiger partial charge is 0.273 e. The molecule has 8 heteroatoms. The molecule has 0 atom stereocenters. The molecule has 0 fully saturated rings. The van der Waals surface area contributed by atoms with E-state index in [1.807, 2.05) is 30.3 Å². The van der Waals surface area contributed by atoms with Gasteiger partial charge in [0.15, 0.2) is 0 Å². The Morgan fingerprint density at radius 1 is 1.04 bits per heavy atom. The van der Waals surface area contributed by atoms with E-state index in [0.717, 1.165) is 5.56 Å². The van der Waals surface area contributed by atoms with Crippen LogP contribution in [0.1, 0.15) is 20.8 Å². The molecular formula is C19H16N6O2. The fourth-order valence-electron chi connectivity index (χ4n) is 2.79. The van der Waals surface area contributed by atoms with E-state index in [9.17, 15) is 9.59 Å². The van der Waals surface area contributed by atoms with Crippen molar-refractivity contribution >= 4 is 28.5 Å². The van der Waals surface area contributed by atoms with Crippen LogP contribution in [0, 0.1) is 0 Å². The average Bonchev–Trinajstić information content (AvgIpc) is 3.37. The second kappa shape index (κ2) is 6.75. The molecule has 2 aromatic heterocycles. The molecule has 8 nitrogen and oxygen atoms in total. The van der Waals surface area contributed by atoms with E-state index >= 15 is 0 Å². The topological polar surface area (TPSA) is 116 Å². The Morgan fingerprint density at radius 3 is 2.56 bits per heavy atom. The lowest BCUT2D eigenvalue weighted by atomic mass is 10.1. The van der Waals surface area contributed by atoms with Crippen molar-refractivity contribution in [3.63, 3.8) is 0 Å². The van der Waals surface area contributed by atoms with Crippen LogP contribution in [0.25, 0.3) is 22.4 Å². The predicted molar refractivity (Wildman–Crippen MR) is 101 cm³/mol. The Balaban J connectivity index is 1.78. The van der Waals surface area contributed by atoms with Crippen LogP contribution in [-0.2, 0) is 0 Å². The molecule has 0 unspecified atom stereocenters. The Bertz CT molecular complexity index is 1120. The number of imidazole rings is 1.